The Bertz CT molecular complexity index is 1070. The maximum absolute atomic E-state index is 13.2. The van der Waals surface area contributed by atoms with Gasteiger partial charge in [-0.3, -0.25) is 9.69 Å². The Labute approximate surface area is 193 Å². The molecule has 0 bridgehead atoms. The zero-order valence-electron chi connectivity index (χ0n) is 19.3. The Kier molecular flexibility index (Phi) is 6.88. The number of aryl methyl sites for hydroxylation is 1. The Hall–Kier alpha value is -3.07. The number of ketones is 1. The molecule has 33 heavy (non-hydrogen) atoms. The first kappa shape index (κ1) is 23.1. The van der Waals surface area contributed by atoms with Gasteiger partial charge in [-0.25, -0.2) is 0 Å². The Morgan fingerprint density at radius 2 is 2.00 bits per heavy atom. The van der Waals surface area contributed by atoms with E-state index in [1.54, 1.807) is 33.3 Å². The van der Waals surface area contributed by atoms with Crippen LogP contribution in [0.1, 0.15) is 27.0 Å². The van der Waals surface area contributed by atoms with Crippen molar-refractivity contribution in [2.45, 2.75) is 13.5 Å². The molecule has 0 aromatic heterocycles. The van der Waals surface area contributed by atoms with Crippen molar-refractivity contribution in [1.29, 1.82) is 0 Å². The fraction of sp³-hybridized carbons (Fsp3) is 0.400. The van der Waals surface area contributed by atoms with Gasteiger partial charge in [0.1, 0.15) is 12.3 Å². The lowest BCUT2D eigenvalue weighted by Crippen LogP contribution is -3.13. The predicted octanol–water partition coefficient (Wildman–Crippen LogP) is 0.395. The van der Waals surface area contributed by atoms with E-state index in [1.165, 1.54) is 11.0 Å². The number of Topliss-reactive ketones (excluding diaryl/α,β-unsaturated/α-hetero) is 1. The van der Waals surface area contributed by atoms with Crippen LogP contribution < -0.4 is 24.2 Å². The van der Waals surface area contributed by atoms with E-state index in [2.05, 4.69) is 4.90 Å². The van der Waals surface area contributed by atoms with Crippen molar-refractivity contribution in [3.8, 4) is 23.0 Å². The topological polar surface area (TPSA) is 95.7 Å². The number of nitrogens with one attached hydrogen (secondary N) is 1. The number of methoxy groups -OCH3 is 2. The normalized spacial score (nSPS) is 17.8. The van der Waals surface area contributed by atoms with Crippen LogP contribution in [0, 0.1) is 6.92 Å². The molecule has 2 aromatic carbocycles. The quantitative estimate of drug-likeness (QED) is 0.585. The number of aliphatic hydroxyl groups is 1. The summed E-state index contributed by atoms with van der Waals surface area (Å²) in [7, 11) is 3.10. The lowest BCUT2D eigenvalue weighted by atomic mass is 9.99. The molecule has 0 spiro atoms. The Morgan fingerprint density at radius 3 is 2.67 bits per heavy atom. The van der Waals surface area contributed by atoms with E-state index in [4.69, 9.17) is 19.3 Å². The molecule has 0 radical (unpaired) electrons. The molecule has 0 saturated carbocycles. The number of hydrogen-bond acceptors (Lipinski definition) is 7. The highest BCUT2D eigenvalue weighted by Gasteiger charge is 2.33. The van der Waals surface area contributed by atoms with E-state index in [1.807, 2.05) is 12.1 Å². The lowest BCUT2D eigenvalue weighted by Gasteiger charge is -2.32. The van der Waals surface area contributed by atoms with Gasteiger partial charge in [0.05, 0.1) is 39.5 Å². The summed E-state index contributed by atoms with van der Waals surface area (Å²) in [5, 5.41) is 22.0. The summed E-state index contributed by atoms with van der Waals surface area (Å²) in [6, 6.07) is 6.94. The second kappa shape index (κ2) is 9.82. The second-order valence-electron chi connectivity index (χ2n) is 8.39. The molecule has 0 aliphatic carbocycles. The number of fused-ring (bicyclic) bond motifs is 1. The molecule has 2 aromatic rings. The maximum atomic E-state index is 13.2. The van der Waals surface area contributed by atoms with Crippen molar-refractivity contribution >= 4 is 11.9 Å². The number of hydrogen-bond donors (Lipinski definition) is 2. The number of carbonyl (C=O) groups excluding carboxylic acids is 1. The summed E-state index contributed by atoms with van der Waals surface area (Å²) in [6.07, 6.45) is 1.64. The van der Waals surface area contributed by atoms with Gasteiger partial charge in [0.15, 0.2) is 17.3 Å². The van der Waals surface area contributed by atoms with Crippen molar-refractivity contribution in [3.05, 3.63) is 52.3 Å². The Balaban J connectivity index is 1.63. The number of nitrogens with zero attached hydrogens (tertiary/aromatic N) is 1. The second-order valence-corrected chi connectivity index (χ2v) is 8.39. The molecule has 176 valence electrons. The van der Waals surface area contributed by atoms with E-state index in [-0.39, 0.29) is 23.9 Å². The molecule has 2 aliphatic rings. The van der Waals surface area contributed by atoms with Crippen molar-refractivity contribution in [3.63, 3.8) is 0 Å². The lowest BCUT2D eigenvalue weighted by molar-refractivity contribution is -0.918. The summed E-state index contributed by atoms with van der Waals surface area (Å²) in [5.74, 6) is 1.25. The van der Waals surface area contributed by atoms with Crippen LogP contribution in [0.15, 0.2) is 30.0 Å². The highest BCUT2D eigenvalue weighted by atomic mass is 16.5. The molecule has 0 amide bonds. The van der Waals surface area contributed by atoms with Crippen LogP contribution >= 0.6 is 0 Å². The van der Waals surface area contributed by atoms with Crippen LogP contribution in [0.4, 0.5) is 0 Å². The summed E-state index contributed by atoms with van der Waals surface area (Å²) in [4.78, 5) is 16.7. The smallest absolute Gasteiger partial charge is 0.232 e. The molecule has 0 unspecified atom stereocenters. The molecule has 2 aliphatic heterocycles. The van der Waals surface area contributed by atoms with Crippen LogP contribution in [-0.4, -0.2) is 69.3 Å². The number of quaternary nitrogens is 1. The van der Waals surface area contributed by atoms with Crippen molar-refractivity contribution in [1.82, 2.24) is 4.90 Å². The van der Waals surface area contributed by atoms with Gasteiger partial charge < -0.3 is 29.3 Å². The number of benzene rings is 2. The van der Waals surface area contributed by atoms with Crippen LogP contribution in [0.5, 0.6) is 23.0 Å². The zero-order valence-corrected chi connectivity index (χ0v) is 19.3. The number of carbonyl (C=O) groups is 1. The highest BCUT2D eigenvalue weighted by molar-refractivity contribution is 6.16. The fourth-order valence-corrected chi connectivity index (χ4v) is 4.56. The molecule has 4 rings (SSSR count). The minimum Gasteiger partial charge on any atom is -0.872 e. The fourth-order valence-electron chi connectivity index (χ4n) is 4.56. The van der Waals surface area contributed by atoms with E-state index in [0.29, 0.717) is 52.6 Å². The molecule has 0 atom stereocenters. The molecule has 1 saturated heterocycles. The molecule has 2 N–H and O–H groups in total. The minimum absolute atomic E-state index is 0.107. The van der Waals surface area contributed by atoms with Crippen LogP contribution in [-0.2, 0) is 6.54 Å². The summed E-state index contributed by atoms with van der Waals surface area (Å²) < 4.78 is 16.9. The molecular weight excluding hydrogens is 424 g/mol. The van der Waals surface area contributed by atoms with Gasteiger partial charge >= 0.3 is 0 Å². The zero-order chi connectivity index (χ0) is 23.5. The van der Waals surface area contributed by atoms with Crippen LogP contribution in [0.25, 0.3) is 6.08 Å². The molecule has 8 nitrogen and oxygen atoms in total. The van der Waals surface area contributed by atoms with Gasteiger partial charge in [-0.15, -0.1) is 0 Å². The SMILES string of the molecule is COc1cccc(/C=C2\Oc3c(C[NH+]4CCN(CCO)CC4)c([O-])cc(C)c3C2=O)c1OC. The van der Waals surface area contributed by atoms with Crippen molar-refractivity contribution in [2.75, 3.05) is 53.6 Å². The number of aliphatic hydroxyl groups excluding tert-OH is 1. The first-order chi connectivity index (χ1) is 16.0. The number of ether oxygens (including phenoxy) is 3. The van der Waals surface area contributed by atoms with Gasteiger partial charge in [0.2, 0.25) is 5.78 Å². The predicted molar refractivity (Wildman–Crippen MR) is 121 cm³/mol. The average molecular weight is 455 g/mol. The third kappa shape index (κ3) is 4.55. The number of β-amino-alcohol motifs (C(OH)–C–C–N with tert-alkyl or cyclic N) is 1. The summed E-state index contributed by atoms with van der Waals surface area (Å²) in [6.45, 7) is 6.52. The van der Waals surface area contributed by atoms with Crippen LogP contribution in [0.2, 0.25) is 0 Å². The largest absolute Gasteiger partial charge is 0.872 e. The summed E-state index contributed by atoms with van der Waals surface area (Å²) >= 11 is 0. The van der Waals surface area contributed by atoms with Crippen LogP contribution in [0.3, 0.4) is 0 Å². The maximum Gasteiger partial charge on any atom is 0.232 e. The molecule has 1 fully saturated rings. The number of allylic oxidation sites excluding steroid dienone is 1. The van der Waals surface area contributed by atoms with Gasteiger partial charge in [-0.05, 0) is 24.6 Å². The average Bonchev–Trinajstić information content (AvgIpc) is 3.14. The third-order valence-corrected chi connectivity index (χ3v) is 6.33. The molecule has 2 heterocycles. The van der Waals surface area contributed by atoms with Crippen molar-refractivity contribution in [2.24, 2.45) is 0 Å². The van der Waals surface area contributed by atoms with Gasteiger partial charge in [0, 0.05) is 30.8 Å². The van der Waals surface area contributed by atoms with E-state index in [9.17, 15) is 9.90 Å². The van der Waals surface area contributed by atoms with Crippen molar-refractivity contribution < 1.29 is 34.1 Å². The van der Waals surface area contributed by atoms with E-state index >= 15 is 0 Å². The first-order valence-corrected chi connectivity index (χ1v) is 11.1. The monoisotopic (exact) mass is 454 g/mol. The van der Waals surface area contributed by atoms with Gasteiger partial charge in [-0.1, -0.05) is 23.9 Å². The molecule has 8 heteroatoms. The van der Waals surface area contributed by atoms with Gasteiger partial charge in [0.25, 0.3) is 0 Å². The highest BCUT2D eigenvalue weighted by Crippen LogP contribution is 2.41. The third-order valence-electron chi connectivity index (χ3n) is 6.33. The summed E-state index contributed by atoms with van der Waals surface area (Å²) in [5.41, 5.74) is 2.26. The first-order valence-electron chi connectivity index (χ1n) is 11.1. The number of rotatable bonds is 7. The minimum atomic E-state index is -0.239. The van der Waals surface area contributed by atoms with E-state index < -0.39 is 0 Å². The van der Waals surface area contributed by atoms with Gasteiger partial charge in [-0.2, -0.15) is 0 Å². The standard InChI is InChI=1S/C25H30N2O6/c1-16-13-19(29)18(15-27-9-7-26(8-10-27)11-12-28)25-22(16)23(30)21(33-25)14-17-5-4-6-20(31-2)24(17)32-3/h4-6,13-14,28-29H,7-12,15H2,1-3H3/b21-14-. The number of piperazine rings is 1. The molecular formula is C25H30N2O6. The van der Waals surface area contributed by atoms with E-state index in [0.717, 1.165) is 26.2 Å². The Morgan fingerprint density at radius 1 is 1.24 bits per heavy atom. The number of para-hydroxylation sites is 1.